The van der Waals surface area contributed by atoms with Crippen LogP contribution in [0.4, 0.5) is 4.39 Å². The molecule has 0 radical (unpaired) electrons. The molecular formula is C6H12FNO. The zero-order valence-electron chi connectivity index (χ0n) is 5.56. The molecule has 1 fully saturated rings. The number of alkyl halides is 1. The number of rotatable bonds is 1. The molecule has 0 saturated carbocycles. The fourth-order valence-electron chi connectivity index (χ4n) is 1.03. The molecular weight excluding hydrogens is 121 g/mol. The van der Waals surface area contributed by atoms with E-state index in [9.17, 15) is 4.39 Å². The van der Waals surface area contributed by atoms with Gasteiger partial charge in [-0.05, 0) is 13.5 Å². The van der Waals surface area contributed by atoms with Crippen LogP contribution in [-0.2, 0) is 4.74 Å². The van der Waals surface area contributed by atoms with Crippen LogP contribution in [0, 0.1) is 0 Å². The molecule has 54 valence electrons. The van der Waals surface area contributed by atoms with Gasteiger partial charge in [0.1, 0.15) is 6.17 Å². The third kappa shape index (κ3) is 1.63. The van der Waals surface area contributed by atoms with E-state index in [2.05, 4.69) is 5.32 Å². The molecule has 0 spiro atoms. The van der Waals surface area contributed by atoms with Gasteiger partial charge in [0.2, 0.25) is 0 Å². The SMILES string of the molecule is CN[C@H]1CCOC[C@@H]1F. The maximum Gasteiger partial charge on any atom is 0.139 e. The molecule has 1 aliphatic rings. The molecule has 1 heterocycles. The Bertz CT molecular complexity index is 89.1. The van der Waals surface area contributed by atoms with E-state index in [1.807, 2.05) is 0 Å². The zero-order chi connectivity index (χ0) is 6.69. The minimum Gasteiger partial charge on any atom is -0.378 e. The van der Waals surface area contributed by atoms with Gasteiger partial charge in [-0.1, -0.05) is 0 Å². The first-order valence-electron chi connectivity index (χ1n) is 3.23. The van der Waals surface area contributed by atoms with E-state index in [0.29, 0.717) is 6.61 Å². The lowest BCUT2D eigenvalue weighted by molar-refractivity contribution is 0.0160. The third-order valence-electron chi connectivity index (χ3n) is 1.66. The number of ether oxygens (including phenoxy) is 1. The standard InChI is InChI=1S/C6H12FNO/c1-8-6-2-3-9-4-5(6)7/h5-6,8H,2-4H2,1H3/t5-,6-/m0/s1. The molecule has 1 saturated heterocycles. The molecule has 1 rings (SSSR count). The van der Waals surface area contributed by atoms with Gasteiger partial charge in [-0.15, -0.1) is 0 Å². The van der Waals surface area contributed by atoms with E-state index in [1.54, 1.807) is 7.05 Å². The summed E-state index contributed by atoms with van der Waals surface area (Å²) >= 11 is 0. The lowest BCUT2D eigenvalue weighted by Crippen LogP contribution is -2.42. The van der Waals surface area contributed by atoms with Crippen molar-refractivity contribution in [1.82, 2.24) is 5.32 Å². The van der Waals surface area contributed by atoms with Crippen LogP contribution in [0.15, 0.2) is 0 Å². The Hall–Kier alpha value is -0.150. The maximum absolute atomic E-state index is 12.7. The van der Waals surface area contributed by atoms with E-state index >= 15 is 0 Å². The Balaban J connectivity index is 2.30. The molecule has 2 atom stereocenters. The molecule has 0 aromatic rings. The first-order valence-corrected chi connectivity index (χ1v) is 3.23. The van der Waals surface area contributed by atoms with Gasteiger partial charge < -0.3 is 10.1 Å². The summed E-state index contributed by atoms with van der Waals surface area (Å²) in [5.74, 6) is 0. The number of hydrogen-bond acceptors (Lipinski definition) is 2. The lowest BCUT2D eigenvalue weighted by atomic mass is 10.1. The third-order valence-corrected chi connectivity index (χ3v) is 1.66. The first-order chi connectivity index (χ1) is 4.34. The predicted octanol–water partition coefficient (Wildman–Crippen LogP) is 0.333. The summed E-state index contributed by atoms with van der Waals surface area (Å²) in [5, 5.41) is 2.90. The summed E-state index contributed by atoms with van der Waals surface area (Å²) < 4.78 is 17.6. The topological polar surface area (TPSA) is 21.3 Å². The molecule has 1 N–H and O–H groups in total. The van der Waals surface area contributed by atoms with Crippen molar-refractivity contribution in [2.24, 2.45) is 0 Å². The second kappa shape index (κ2) is 3.13. The van der Waals surface area contributed by atoms with Crippen LogP contribution in [0.3, 0.4) is 0 Å². The maximum atomic E-state index is 12.7. The molecule has 1 aliphatic heterocycles. The van der Waals surface area contributed by atoms with Gasteiger partial charge in [-0.25, -0.2) is 4.39 Å². The van der Waals surface area contributed by atoms with Gasteiger partial charge in [-0.3, -0.25) is 0 Å². The highest BCUT2D eigenvalue weighted by atomic mass is 19.1. The number of hydrogen-bond donors (Lipinski definition) is 1. The molecule has 9 heavy (non-hydrogen) atoms. The van der Waals surface area contributed by atoms with Crippen LogP contribution in [0.1, 0.15) is 6.42 Å². The second-order valence-corrected chi connectivity index (χ2v) is 2.27. The Morgan fingerprint density at radius 3 is 2.89 bits per heavy atom. The van der Waals surface area contributed by atoms with Crippen LogP contribution in [0.2, 0.25) is 0 Å². The highest BCUT2D eigenvalue weighted by molar-refractivity contribution is 4.77. The first kappa shape index (κ1) is 6.96. The van der Waals surface area contributed by atoms with Crippen LogP contribution >= 0.6 is 0 Å². The largest absolute Gasteiger partial charge is 0.378 e. The van der Waals surface area contributed by atoms with Gasteiger partial charge in [0.25, 0.3) is 0 Å². The second-order valence-electron chi connectivity index (χ2n) is 2.27. The highest BCUT2D eigenvalue weighted by Gasteiger charge is 2.22. The van der Waals surface area contributed by atoms with Crippen LogP contribution < -0.4 is 5.32 Å². The smallest absolute Gasteiger partial charge is 0.139 e. The minimum absolute atomic E-state index is 0.0127. The Morgan fingerprint density at radius 1 is 1.67 bits per heavy atom. The summed E-state index contributed by atoms with van der Waals surface area (Å²) in [6, 6.07) is 0.0127. The van der Waals surface area contributed by atoms with Crippen molar-refractivity contribution in [3.8, 4) is 0 Å². The van der Waals surface area contributed by atoms with E-state index < -0.39 is 6.17 Å². The fraction of sp³-hybridized carbons (Fsp3) is 1.00. The monoisotopic (exact) mass is 133 g/mol. The Kier molecular flexibility index (Phi) is 2.42. The predicted molar refractivity (Wildman–Crippen MR) is 33.2 cm³/mol. The van der Waals surface area contributed by atoms with Gasteiger partial charge in [0, 0.05) is 12.6 Å². The summed E-state index contributed by atoms with van der Waals surface area (Å²) in [4.78, 5) is 0. The fourth-order valence-corrected chi connectivity index (χ4v) is 1.03. The summed E-state index contributed by atoms with van der Waals surface area (Å²) in [7, 11) is 1.78. The quantitative estimate of drug-likeness (QED) is 0.556. The zero-order valence-corrected chi connectivity index (χ0v) is 5.56. The minimum atomic E-state index is -0.816. The van der Waals surface area contributed by atoms with Crippen molar-refractivity contribution < 1.29 is 9.13 Å². The van der Waals surface area contributed by atoms with Crippen molar-refractivity contribution >= 4 is 0 Å². The van der Waals surface area contributed by atoms with Crippen LogP contribution in [-0.4, -0.2) is 32.5 Å². The highest BCUT2D eigenvalue weighted by Crippen LogP contribution is 2.09. The average Bonchev–Trinajstić information content (AvgIpc) is 1.89. The summed E-state index contributed by atoms with van der Waals surface area (Å²) in [5.41, 5.74) is 0. The Morgan fingerprint density at radius 2 is 2.44 bits per heavy atom. The van der Waals surface area contributed by atoms with Crippen molar-refractivity contribution in [1.29, 1.82) is 0 Å². The van der Waals surface area contributed by atoms with E-state index in [-0.39, 0.29) is 12.6 Å². The van der Waals surface area contributed by atoms with Crippen molar-refractivity contribution in [2.75, 3.05) is 20.3 Å². The molecule has 0 aromatic carbocycles. The number of halogens is 1. The normalized spacial score (nSPS) is 36.7. The van der Waals surface area contributed by atoms with Gasteiger partial charge in [-0.2, -0.15) is 0 Å². The summed E-state index contributed by atoms with van der Waals surface area (Å²) in [6.45, 7) is 0.942. The Labute approximate surface area is 54.4 Å². The van der Waals surface area contributed by atoms with Crippen LogP contribution in [0.25, 0.3) is 0 Å². The average molecular weight is 133 g/mol. The van der Waals surface area contributed by atoms with Crippen molar-refractivity contribution in [2.45, 2.75) is 18.6 Å². The van der Waals surface area contributed by atoms with Gasteiger partial charge in [0.15, 0.2) is 0 Å². The van der Waals surface area contributed by atoms with Crippen LogP contribution in [0.5, 0.6) is 0 Å². The molecule has 0 bridgehead atoms. The lowest BCUT2D eigenvalue weighted by Gasteiger charge is -2.25. The summed E-state index contributed by atoms with van der Waals surface area (Å²) in [6.07, 6.45) is -0.0266. The molecule has 0 unspecified atom stereocenters. The van der Waals surface area contributed by atoms with E-state index in [4.69, 9.17) is 4.74 Å². The van der Waals surface area contributed by atoms with E-state index in [0.717, 1.165) is 6.42 Å². The van der Waals surface area contributed by atoms with Gasteiger partial charge in [0.05, 0.1) is 6.61 Å². The molecule has 0 aliphatic carbocycles. The number of nitrogens with one attached hydrogen (secondary N) is 1. The molecule has 3 heteroatoms. The van der Waals surface area contributed by atoms with Crippen molar-refractivity contribution in [3.63, 3.8) is 0 Å². The van der Waals surface area contributed by atoms with E-state index in [1.165, 1.54) is 0 Å². The van der Waals surface area contributed by atoms with Crippen molar-refractivity contribution in [3.05, 3.63) is 0 Å². The molecule has 0 aromatic heterocycles. The molecule has 0 amide bonds. The van der Waals surface area contributed by atoms with Gasteiger partial charge >= 0.3 is 0 Å². The molecule has 2 nitrogen and oxygen atoms in total.